The van der Waals surface area contributed by atoms with Crippen molar-refractivity contribution in [3.05, 3.63) is 76.3 Å². The lowest BCUT2D eigenvalue weighted by Crippen LogP contribution is -2.20. The number of carbonyl (C=O) groups is 1. The average Bonchev–Trinajstić information content (AvgIpc) is 2.79. The summed E-state index contributed by atoms with van der Waals surface area (Å²) in [6, 6.07) is 15.6. The monoisotopic (exact) mass is 445 g/mol. The van der Waals surface area contributed by atoms with Gasteiger partial charge in [0, 0.05) is 35.1 Å². The van der Waals surface area contributed by atoms with E-state index in [1.165, 1.54) is 13.2 Å². The van der Waals surface area contributed by atoms with E-state index in [4.69, 9.17) is 9.15 Å². The number of nitrogens with one attached hydrogen (secondary N) is 3. The number of amides is 1. The number of fused-ring (bicyclic) bond motifs is 1. The maximum Gasteiger partial charge on any atom is 0.349 e. The molecule has 0 aliphatic rings. The molecule has 3 N–H and O–H groups in total. The molecular formula is C24H23N5O4. The van der Waals surface area contributed by atoms with Gasteiger partial charge in [-0.2, -0.15) is 4.98 Å². The Balaban J connectivity index is 1.50. The molecule has 9 nitrogen and oxygen atoms in total. The number of hydrogen-bond acceptors (Lipinski definition) is 8. The third kappa shape index (κ3) is 4.93. The Bertz CT molecular complexity index is 1370. The number of benzene rings is 2. The minimum atomic E-state index is -0.738. The highest BCUT2D eigenvalue weighted by Crippen LogP contribution is 2.25. The highest BCUT2D eigenvalue weighted by atomic mass is 16.5. The fraction of sp³-hybridized carbons (Fsp3) is 0.167. The molecule has 0 aliphatic carbocycles. The van der Waals surface area contributed by atoms with Crippen molar-refractivity contribution in [3.63, 3.8) is 0 Å². The first-order valence-corrected chi connectivity index (χ1v) is 10.4. The van der Waals surface area contributed by atoms with Crippen LogP contribution in [0.3, 0.4) is 0 Å². The maximum atomic E-state index is 12.7. The van der Waals surface area contributed by atoms with E-state index >= 15 is 0 Å². The number of hydrogen-bond donors (Lipinski definition) is 3. The average molecular weight is 445 g/mol. The SMILES string of the molecule is CCNc1nc(C)cc(Nc2ccc(NC(=O)c3cc4cccc(OC)c4oc3=O)cc2)n1. The van der Waals surface area contributed by atoms with Gasteiger partial charge in [0.25, 0.3) is 5.91 Å². The zero-order chi connectivity index (χ0) is 23.4. The molecule has 0 spiro atoms. The van der Waals surface area contributed by atoms with E-state index in [1.807, 2.05) is 19.9 Å². The Kier molecular flexibility index (Phi) is 6.21. The minimum Gasteiger partial charge on any atom is -0.493 e. The number of carbonyl (C=O) groups excluding carboxylic acids is 1. The number of aromatic nitrogens is 2. The number of aryl methyl sites for hydroxylation is 1. The van der Waals surface area contributed by atoms with Crippen molar-refractivity contribution in [2.24, 2.45) is 0 Å². The summed E-state index contributed by atoms with van der Waals surface area (Å²) in [5, 5.41) is 9.63. The topological polar surface area (TPSA) is 118 Å². The molecular weight excluding hydrogens is 422 g/mol. The molecule has 0 bridgehead atoms. The second-order valence-electron chi connectivity index (χ2n) is 7.23. The van der Waals surface area contributed by atoms with Crippen LogP contribution >= 0.6 is 0 Å². The van der Waals surface area contributed by atoms with Crippen molar-refractivity contribution in [3.8, 4) is 5.75 Å². The lowest BCUT2D eigenvalue weighted by Gasteiger charge is -2.10. The van der Waals surface area contributed by atoms with Gasteiger partial charge in [0.05, 0.1) is 7.11 Å². The van der Waals surface area contributed by atoms with E-state index < -0.39 is 11.5 Å². The summed E-state index contributed by atoms with van der Waals surface area (Å²) >= 11 is 0. The number of ether oxygens (including phenoxy) is 1. The van der Waals surface area contributed by atoms with E-state index in [9.17, 15) is 9.59 Å². The van der Waals surface area contributed by atoms with E-state index in [0.29, 0.717) is 34.2 Å². The van der Waals surface area contributed by atoms with Gasteiger partial charge in [-0.1, -0.05) is 12.1 Å². The van der Waals surface area contributed by atoms with Crippen LogP contribution in [0.2, 0.25) is 0 Å². The molecule has 33 heavy (non-hydrogen) atoms. The Morgan fingerprint density at radius 2 is 1.82 bits per heavy atom. The van der Waals surface area contributed by atoms with Crippen LogP contribution in [0.5, 0.6) is 5.75 Å². The van der Waals surface area contributed by atoms with Crippen molar-refractivity contribution < 1.29 is 13.9 Å². The Labute approximate surface area is 189 Å². The van der Waals surface area contributed by atoms with Crippen molar-refractivity contribution >= 4 is 40.0 Å². The summed E-state index contributed by atoms with van der Waals surface area (Å²) in [6.07, 6.45) is 0. The van der Waals surface area contributed by atoms with Gasteiger partial charge in [0.15, 0.2) is 11.3 Å². The molecule has 2 aromatic carbocycles. The standard InChI is InChI=1S/C24H23N5O4/c1-4-25-24-26-14(2)12-20(29-24)27-16-8-10-17(11-9-16)28-22(30)18-13-15-6-5-7-19(32-3)21(15)33-23(18)31/h5-13H,4H2,1-3H3,(H,28,30)(H2,25,26,27,29). The summed E-state index contributed by atoms with van der Waals surface area (Å²) in [7, 11) is 1.49. The van der Waals surface area contributed by atoms with Gasteiger partial charge >= 0.3 is 5.63 Å². The Hall–Kier alpha value is -4.40. The van der Waals surface area contributed by atoms with Gasteiger partial charge in [0.2, 0.25) is 5.95 Å². The Morgan fingerprint density at radius 1 is 1.06 bits per heavy atom. The molecule has 0 atom stereocenters. The zero-order valence-corrected chi connectivity index (χ0v) is 18.4. The molecule has 4 aromatic rings. The first-order chi connectivity index (χ1) is 16.0. The van der Waals surface area contributed by atoms with Crippen LogP contribution in [0.15, 0.2) is 63.8 Å². The van der Waals surface area contributed by atoms with Crippen LogP contribution in [-0.4, -0.2) is 29.5 Å². The molecule has 0 fully saturated rings. The normalized spacial score (nSPS) is 10.6. The lowest BCUT2D eigenvalue weighted by atomic mass is 10.1. The smallest absolute Gasteiger partial charge is 0.349 e. The number of anilines is 4. The van der Waals surface area contributed by atoms with Gasteiger partial charge in [-0.15, -0.1) is 0 Å². The highest BCUT2D eigenvalue weighted by molar-refractivity contribution is 6.05. The Morgan fingerprint density at radius 3 is 2.55 bits per heavy atom. The van der Waals surface area contributed by atoms with E-state index in [-0.39, 0.29) is 5.56 Å². The molecule has 4 rings (SSSR count). The van der Waals surface area contributed by atoms with Gasteiger partial charge in [0.1, 0.15) is 11.4 Å². The predicted octanol–water partition coefficient (Wildman–Crippen LogP) is 4.33. The summed E-state index contributed by atoms with van der Waals surface area (Å²) < 4.78 is 10.5. The quantitative estimate of drug-likeness (QED) is 0.360. The predicted molar refractivity (Wildman–Crippen MR) is 128 cm³/mol. The molecule has 168 valence electrons. The van der Waals surface area contributed by atoms with E-state index in [0.717, 1.165) is 17.9 Å². The molecule has 0 saturated carbocycles. The molecule has 2 aromatic heterocycles. The van der Waals surface area contributed by atoms with E-state index in [1.54, 1.807) is 42.5 Å². The van der Waals surface area contributed by atoms with Crippen LogP contribution in [0.25, 0.3) is 11.0 Å². The van der Waals surface area contributed by atoms with Gasteiger partial charge in [-0.25, -0.2) is 9.78 Å². The maximum absolute atomic E-state index is 12.7. The number of methoxy groups -OCH3 is 1. The van der Waals surface area contributed by atoms with Crippen LogP contribution in [0, 0.1) is 6.92 Å². The van der Waals surface area contributed by atoms with Crippen LogP contribution < -0.4 is 26.3 Å². The number of para-hydroxylation sites is 1. The fourth-order valence-electron chi connectivity index (χ4n) is 3.29. The second kappa shape index (κ2) is 9.39. The molecule has 2 heterocycles. The summed E-state index contributed by atoms with van der Waals surface area (Å²) in [5.74, 6) is 1.07. The van der Waals surface area contributed by atoms with Crippen molar-refractivity contribution in [1.82, 2.24) is 9.97 Å². The summed E-state index contributed by atoms with van der Waals surface area (Å²) in [6.45, 7) is 4.59. The minimum absolute atomic E-state index is 0.0923. The second-order valence-corrected chi connectivity index (χ2v) is 7.23. The zero-order valence-electron chi connectivity index (χ0n) is 18.4. The van der Waals surface area contributed by atoms with Crippen LogP contribution in [-0.2, 0) is 0 Å². The highest BCUT2D eigenvalue weighted by Gasteiger charge is 2.16. The molecule has 0 unspecified atom stereocenters. The fourth-order valence-corrected chi connectivity index (χ4v) is 3.29. The first-order valence-electron chi connectivity index (χ1n) is 10.4. The van der Waals surface area contributed by atoms with Crippen LogP contribution in [0.4, 0.5) is 23.1 Å². The lowest BCUT2D eigenvalue weighted by molar-refractivity contribution is 0.102. The number of nitrogens with zero attached hydrogens (tertiary/aromatic N) is 2. The molecule has 0 saturated heterocycles. The van der Waals surface area contributed by atoms with Crippen molar-refractivity contribution in [2.75, 3.05) is 29.6 Å². The summed E-state index contributed by atoms with van der Waals surface area (Å²) in [4.78, 5) is 33.8. The van der Waals surface area contributed by atoms with Crippen molar-refractivity contribution in [1.29, 1.82) is 0 Å². The first kappa shape index (κ1) is 21.8. The molecule has 1 amide bonds. The van der Waals surface area contributed by atoms with Crippen molar-refractivity contribution in [2.45, 2.75) is 13.8 Å². The van der Waals surface area contributed by atoms with Gasteiger partial charge in [-0.05, 0) is 50.2 Å². The van der Waals surface area contributed by atoms with Gasteiger partial charge < -0.3 is 25.1 Å². The van der Waals surface area contributed by atoms with Gasteiger partial charge in [-0.3, -0.25) is 4.79 Å². The van der Waals surface area contributed by atoms with E-state index in [2.05, 4.69) is 25.9 Å². The largest absolute Gasteiger partial charge is 0.493 e. The molecule has 0 aliphatic heterocycles. The molecule has 9 heteroatoms. The molecule has 0 radical (unpaired) electrons. The number of rotatable bonds is 7. The third-order valence-electron chi connectivity index (χ3n) is 4.79. The van der Waals surface area contributed by atoms with Crippen LogP contribution in [0.1, 0.15) is 23.0 Å². The third-order valence-corrected chi connectivity index (χ3v) is 4.79. The summed E-state index contributed by atoms with van der Waals surface area (Å²) in [5.41, 5.74) is 1.62.